The standard InChI is InChI=1S/C21H24FN3O3S/c1-16-5-3-8-19(11-16)29(27,28)24-10-9-21(14-24)15-25(20(26)13-23(21)2)18-7-4-6-17(22)12-18/h3-8,11-12H,9-10,13-15H2,1-2H3/t21-/m1/s1. The fourth-order valence-electron chi connectivity index (χ4n) is 4.23. The van der Waals surface area contributed by atoms with Gasteiger partial charge < -0.3 is 4.90 Å². The molecule has 8 heteroatoms. The van der Waals surface area contributed by atoms with Crippen LogP contribution in [0.2, 0.25) is 0 Å². The molecule has 1 atom stereocenters. The number of hydrogen-bond acceptors (Lipinski definition) is 4. The average molecular weight is 418 g/mol. The van der Waals surface area contributed by atoms with Crippen molar-refractivity contribution in [1.82, 2.24) is 9.21 Å². The van der Waals surface area contributed by atoms with Crippen molar-refractivity contribution in [2.24, 2.45) is 0 Å². The smallest absolute Gasteiger partial charge is 0.243 e. The van der Waals surface area contributed by atoms with E-state index in [0.717, 1.165) is 5.56 Å². The van der Waals surface area contributed by atoms with E-state index in [-0.39, 0.29) is 17.3 Å². The van der Waals surface area contributed by atoms with Crippen LogP contribution in [0.15, 0.2) is 53.4 Å². The van der Waals surface area contributed by atoms with Crippen molar-refractivity contribution < 1.29 is 17.6 Å². The normalized spacial score (nSPS) is 23.8. The summed E-state index contributed by atoms with van der Waals surface area (Å²) < 4.78 is 41.5. The van der Waals surface area contributed by atoms with Crippen molar-refractivity contribution in [1.29, 1.82) is 0 Å². The number of likely N-dealkylation sites (N-methyl/N-ethyl adjacent to an activating group) is 1. The molecule has 1 spiro atoms. The first-order valence-electron chi connectivity index (χ1n) is 9.55. The maximum absolute atomic E-state index is 13.7. The number of rotatable bonds is 3. The molecule has 2 saturated heterocycles. The number of sulfonamides is 1. The number of anilines is 1. The predicted molar refractivity (Wildman–Crippen MR) is 109 cm³/mol. The topological polar surface area (TPSA) is 60.9 Å². The highest BCUT2D eigenvalue weighted by molar-refractivity contribution is 7.89. The highest BCUT2D eigenvalue weighted by Crippen LogP contribution is 2.36. The molecular weight excluding hydrogens is 393 g/mol. The first-order valence-corrected chi connectivity index (χ1v) is 11.0. The Hall–Kier alpha value is -2.29. The summed E-state index contributed by atoms with van der Waals surface area (Å²) in [5.74, 6) is -0.526. The van der Waals surface area contributed by atoms with Gasteiger partial charge in [0.25, 0.3) is 0 Å². The molecule has 29 heavy (non-hydrogen) atoms. The van der Waals surface area contributed by atoms with Gasteiger partial charge in [0, 0.05) is 25.3 Å². The molecule has 2 heterocycles. The van der Waals surface area contributed by atoms with Crippen molar-refractivity contribution in [3.8, 4) is 0 Å². The monoisotopic (exact) mass is 417 g/mol. The summed E-state index contributed by atoms with van der Waals surface area (Å²) in [4.78, 5) is 16.4. The highest BCUT2D eigenvalue weighted by atomic mass is 32.2. The molecule has 0 saturated carbocycles. The zero-order valence-electron chi connectivity index (χ0n) is 16.5. The summed E-state index contributed by atoms with van der Waals surface area (Å²) in [6.07, 6.45) is 0.605. The predicted octanol–water partition coefficient (Wildman–Crippen LogP) is 2.25. The van der Waals surface area contributed by atoms with Crippen LogP contribution in [0, 0.1) is 12.7 Å². The number of aryl methyl sites for hydroxylation is 1. The third kappa shape index (κ3) is 3.56. The molecule has 4 rings (SSSR count). The number of piperazine rings is 1. The summed E-state index contributed by atoms with van der Waals surface area (Å²) >= 11 is 0. The summed E-state index contributed by atoms with van der Waals surface area (Å²) in [5, 5.41) is 0. The van der Waals surface area contributed by atoms with E-state index in [9.17, 15) is 17.6 Å². The van der Waals surface area contributed by atoms with Crippen LogP contribution in [0.1, 0.15) is 12.0 Å². The van der Waals surface area contributed by atoms with E-state index in [1.54, 1.807) is 35.2 Å². The minimum Gasteiger partial charge on any atom is -0.309 e. The van der Waals surface area contributed by atoms with Crippen LogP contribution >= 0.6 is 0 Å². The van der Waals surface area contributed by atoms with Gasteiger partial charge in [-0.15, -0.1) is 0 Å². The molecule has 154 valence electrons. The lowest BCUT2D eigenvalue weighted by Gasteiger charge is -2.46. The van der Waals surface area contributed by atoms with Crippen LogP contribution in [0.5, 0.6) is 0 Å². The van der Waals surface area contributed by atoms with Crippen LogP contribution in [-0.2, 0) is 14.8 Å². The van der Waals surface area contributed by atoms with Gasteiger partial charge in [0.15, 0.2) is 0 Å². The fourth-order valence-corrected chi connectivity index (χ4v) is 5.85. The summed E-state index contributed by atoms with van der Waals surface area (Å²) in [5.41, 5.74) is 0.886. The summed E-state index contributed by atoms with van der Waals surface area (Å²) in [7, 11) is -1.77. The fraction of sp³-hybridized carbons (Fsp3) is 0.381. The lowest BCUT2D eigenvalue weighted by molar-refractivity contribution is -0.123. The van der Waals surface area contributed by atoms with Gasteiger partial charge in [0.1, 0.15) is 5.82 Å². The largest absolute Gasteiger partial charge is 0.309 e. The second-order valence-electron chi connectivity index (χ2n) is 7.95. The van der Waals surface area contributed by atoms with Crippen LogP contribution < -0.4 is 4.90 Å². The molecule has 2 fully saturated rings. The van der Waals surface area contributed by atoms with Crippen molar-refractivity contribution in [2.75, 3.05) is 38.1 Å². The Balaban J connectivity index is 1.62. The molecule has 0 bridgehead atoms. The molecule has 0 aromatic heterocycles. The van der Waals surface area contributed by atoms with Crippen LogP contribution in [0.25, 0.3) is 0 Å². The van der Waals surface area contributed by atoms with Gasteiger partial charge in [-0.2, -0.15) is 4.31 Å². The number of nitrogens with zero attached hydrogens (tertiary/aromatic N) is 3. The summed E-state index contributed by atoms with van der Waals surface area (Å²) in [6.45, 7) is 3.02. The van der Waals surface area contributed by atoms with E-state index in [4.69, 9.17) is 0 Å². The molecule has 0 radical (unpaired) electrons. The van der Waals surface area contributed by atoms with Gasteiger partial charge in [-0.1, -0.05) is 18.2 Å². The van der Waals surface area contributed by atoms with Gasteiger partial charge in [-0.05, 0) is 56.3 Å². The number of hydrogen-bond donors (Lipinski definition) is 0. The molecule has 0 N–H and O–H groups in total. The number of carbonyl (C=O) groups is 1. The van der Waals surface area contributed by atoms with Crippen molar-refractivity contribution in [2.45, 2.75) is 23.8 Å². The lowest BCUT2D eigenvalue weighted by atomic mass is 9.92. The Bertz CT molecular complexity index is 1060. The molecule has 0 aliphatic carbocycles. The molecule has 0 unspecified atom stereocenters. The molecule has 2 aromatic carbocycles. The van der Waals surface area contributed by atoms with Crippen LogP contribution in [0.3, 0.4) is 0 Å². The average Bonchev–Trinajstić information content (AvgIpc) is 3.11. The Labute approximate surface area is 170 Å². The van der Waals surface area contributed by atoms with Gasteiger partial charge in [-0.25, -0.2) is 12.8 Å². The molecule has 2 aliphatic heterocycles. The molecule has 6 nitrogen and oxygen atoms in total. The molecule has 1 amide bonds. The van der Waals surface area contributed by atoms with Crippen molar-refractivity contribution in [3.63, 3.8) is 0 Å². The van der Waals surface area contributed by atoms with E-state index in [1.807, 2.05) is 24.9 Å². The third-order valence-electron chi connectivity index (χ3n) is 5.98. The highest BCUT2D eigenvalue weighted by Gasteiger charge is 2.50. The zero-order valence-corrected chi connectivity index (χ0v) is 17.3. The van der Waals surface area contributed by atoms with Gasteiger partial charge in [-0.3, -0.25) is 9.69 Å². The van der Waals surface area contributed by atoms with E-state index in [2.05, 4.69) is 0 Å². The Kier molecular flexibility index (Phi) is 4.96. The Morgan fingerprint density at radius 3 is 2.55 bits per heavy atom. The number of halogens is 1. The van der Waals surface area contributed by atoms with Gasteiger partial charge in [0.2, 0.25) is 15.9 Å². The minimum atomic E-state index is -3.62. The SMILES string of the molecule is Cc1cccc(S(=O)(=O)N2CC[C@]3(CN(c4cccc(F)c4)C(=O)CN3C)C2)c1. The maximum Gasteiger partial charge on any atom is 0.243 e. The van der Waals surface area contributed by atoms with Crippen molar-refractivity contribution >= 4 is 21.6 Å². The number of amides is 1. The van der Waals surface area contributed by atoms with E-state index in [1.165, 1.54) is 16.4 Å². The second-order valence-corrected chi connectivity index (χ2v) is 9.88. The second kappa shape index (κ2) is 7.19. The van der Waals surface area contributed by atoms with Gasteiger partial charge in [0.05, 0.1) is 17.0 Å². The number of carbonyl (C=O) groups excluding carboxylic acids is 1. The Morgan fingerprint density at radius 1 is 1.07 bits per heavy atom. The molecular formula is C21H24FN3O3S. The maximum atomic E-state index is 13.7. The van der Waals surface area contributed by atoms with Gasteiger partial charge >= 0.3 is 0 Å². The van der Waals surface area contributed by atoms with Crippen LogP contribution in [-0.4, -0.2) is 62.3 Å². The van der Waals surface area contributed by atoms with Crippen LogP contribution in [0.4, 0.5) is 10.1 Å². The van der Waals surface area contributed by atoms with E-state index < -0.39 is 21.4 Å². The van der Waals surface area contributed by atoms with Crippen molar-refractivity contribution in [3.05, 3.63) is 59.9 Å². The Morgan fingerprint density at radius 2 is 1.83 bits per heavy atom. The first-order chi connectivity index (χ1) is 13.7. The van der Waals surface area contributed by atoms with E-state index >= 15 is 0 Å². The number of benzene rings is 2. The summed E-state index contributed by atoms with van der Waals surface area (Å²) in [6, 6.07) is 12.8. The third-order valence-corrected chi connectivity index (χ3v) is 7.82. The quantitative estimate of drug-likeness (QED) is 0.769. The molecule has 2 aliphatic rings. The molecule has 2 aromatic rings. The lowest BCUT2D eigenvalue weighted by Crippen LogP contribution is -2.64. The minimum absolute atomic E-state index is 0.122. The van der Waals surface area contributed by atoms with E-state index in [0.29, 0.717) is 31.7 Å². The zero-order chi connectivity index (χ0) is 20.8. The first kappa shape index (κ1) is 20.0.